The number of hydrogen-bond donors (Lipinski definition) is 1. The van der Waals surface area contributed by atoms with E-state index in [2.05, 4.69) is 5.32 Å². The van der Waals surface area contributed by atoms with Gasteiger partial charge in [-0.25, -0.2) is 8.42 Å². The molecule has 0 saturated carbocycles. The van der Waals surface area contributed by atoms with Crippen LogP contribution in [0.15, 0.2) is 0 Å². The van der Waals surface area contributed by atoms with Crippen LogP contribution >= 0.6 is 0 Å². The highest BCUT2D eigenvalue weighted by Crippen LogP contribution is 1.93. The Labute approximate surface area is 105 Å². The van der Waals surface area contributed by atoms with E-state index in [1.54, 1.807) is 7.11 Å². The molecule has 1 N–H and O–H groups in total. The molecule has 0 amide bonds. The quantitative estimate of drug-likeness (QED) is 0.551. The first-order valence-corrected chi connectivity index (χ1v) is 7.99. The van der Waals surface area contributed by atoms with Gasteiger partial charge in [0.1, 0.15) is 9.84 Å². The average molecular weight is 267 g/mol. The fourth-order valence-corrected chi connectivity index (χ4v) is 2.46. The fourth-order valence-electron chi connectivity index (χ4n) is 1.43. The number of sulfone groups is 1. The Balaban J connectivity index is 3.28. The van der Waals surface area contributed by atoms with E-state index in [-0.39, 0.29) is 11.8 Å². The monoisotopic (exact) mass is 267 g/mol. The van der Waals surface area contributed by atoms with Gasteiger partial charge in [0.25, 0.3) is 0 Å². The Kier molecular flexibility index (Phi) is 9.72. The Morgan fingerprint density at radius 3 is 2.47 bits per heavy atom. The zero-order valence-corrected chi connectivity index (χ0v) is 11.9. The molecule has 0 fully saturated rings. The molecule has 1 atom stereocenters. The maximum atomic E-state index is 11.0. The van der Waals surface area contributed by atoms with Crippen molar-refractivity contribution < 1.29 is 17.9 Å². The van der Waals surface area contributed by atoms with Crippen LogP contribution in [0, 0.1) is 0 Å². The van der Waals surface area contributed by atoms with Gasteiger partial charge in [-0.05, 0) is 26.3 Å². The summed E-state index contributed by atoms with van der Waals surface area (Å²) in [4.78, 5) is 0. The molecule has 0 rings (SSSR count). The van der Waals surface area contributed by atoms with Crippen molar-refractivity contribution in [3.63, 3.8) is 0 Å². The topological polar surface area (TPSA) is 64.6 Å². The lowest BCUT2D eigenvalue weighted by molar-refractivity contribution is 0.0688. The van der Waals surface area contributed by atoms with Gasteiger partial charge in [-0.2, -0.15) is 0 Å². The van der Waals surface area contributed by atoms with Gasteiger partial charge in [0.2, 0.25) is 0 Å². The minimum absolute atomic E-state index is 0.0133. The molecule has 0 aromatic heterocycles. The molecule has 0 bridgehead atoms. The van der Waals surface area contributed by atoms with E-state index in [9.17, 15) is 8.42 Å². The standard InChI is InChI=1S/C11H25NO4S/c1-11(10-17(3,13)14)12-6-4-5-7-16-9-8-15-2/h11-12H,4-10H2,1-3H3. The first-order chi connectivity index (χ1) is 7.95. The van der Waals surface area contributed by atoms with Crippen LogP contribution in [0.5, 0.6) is 0 Å². The van der Waals surface area contributed by atoms with E-state index in [1.807, 2.05) is 6.92 Å². The van der Waals surface area contributed by atoms with Crippen molar-refractivity contribution >= 4 is 9.84 Å². The van der Waals surface area contributed by atoms with Crippen LogP contribution in [0.2, 0.25) is 0 Å². The van der Waals surface area contributed by atoms with E-state index in [0.717, 1.165) is 26.0 Å². The molecule has 0 aromatic carbocycles. The Morgan fingerprint density at radius 1 is 1.18 bits per heavy atom. The van der Waals surface area contributed by atoms with E-state index in [4.69, 9.17) is 9.47 Å². The first-order valence-electron chi connectivity index (χ1n) is 5.93. The minimum Gasteiger partial charge on any atom is -0.382 e. The summed E-state index contributed by atoms with van der Waals surface area (Å²) in [5.41, 5.74) is 0. The molecule has 0 aliphatic carbocycles. The molecular formula is C11H25NO4S. The van der Waals surface area contributed by atoms with Gasteiger partial charge in [0, 0.05) is 26.0 Å². The Morgan fingerprint density at radius 2 is 1.88 bits per heavy atom. The maximum absolute atomic E-state index is 11.0. The normalized spacial score (nSPS) is 13.8. The molecule has 17 heavy (non-hydrogen) atoms. The molecule has 1 unspecified atom stereocenters. The molecule has 0 aliphatic heterocycles. The van der Waals surface area contributed by atoms with Crippen molar-refractivity contribution in [3.8, 4) is 0 Å². The van der Waals surface area contributed by atoms with Crippen LogP contribution < -0.4 is 5.32 Å². The number of nitrogens with one attached hydrogen (secondary N) is 1. The summed E-state index contributed by atoms with van der Waals surface area (Å²) in [5, 5.41) is 3.18. The molecule has 104 valence electrons. The highest BCUT2D eigenvalue weighted by atomic mass is 32.2. The lowest BCUT2D eigenvalue weighted by Crippen LogP contribution is -2.33. The smallest absolute Gasteiger partial charge is 0.148 e. The lowest BCUT2D eigenvalue weighted by Gasteiger charge is -2.12. The molecular weight excluding hydrogens is 242 g/mol. The third kappa shape index (κ3) is 13.8. The predicted octanol–water partition coefficient (Wildman–Crippen LogP) is 0.452. The Bertz CT molecular complexity index is 267. The molecule has 0 radical (unpaired) electrons. The highest BCUT2D eigenvalue weighted by molar-refractivity contribution is 7.90. The minimum atomic E-state index is -2.88. The highest BCUT2D eigenvalue weighted by Gasteiger charge is 2.08. The van der Waals surface area contributed by atoms with Crippen molar-refractivity contribution in [2.24, 2.45) is 0 Å². The van der Waals surface area contributed by atoms with Gasteiger partial charge in [0.15, 0.2) is 0 Å². The van der Waals surface area contributed by atoms with E-state index in [0.29, 0.717) is 13.2 Å². The van der Waals surface area contributed by atoms with Crippen LogP contribution in [0.4, 0.5) is 0 Å². The number of rotatable bonds is 11. The summed E-state index contributed by atoms with van der Waals surface area (Å²) in [6, 6.07) is 0.0133. The summed E-state index contributed by atoms with van der Waals surface area (Å²) >= 11 is 0. The maximum Gasteiger partial charge on any atom is 0.148 e. The number of hydrogen-bond acceptors (Lipinski definition) is 5. The fraction of sp³-hybridized carbons (Fsp3) is 1.00. The first kappa shape index (κ1) is 16.8. The largest absolute Gasteiger partial charge is 0.382 e. The summed E-state index contributed by atoms with van der Waals surface area (Å²) < 4.78 is 32.2. The van der Waals surface area contributed by atoms with Gasteiger partial charge in [-0.1, -0.05) is 0 Å². The summed E-state index contributed by atoms with van der Waals surface area (Å²) in [6.45, 7) is 4.70. The van der Waals surface area contributed by atoms with Crippen molar-refractivity contribution in [1.82, 2.24) is 5.32 Å². The predicted molar refractivity (Wildman–Crippen MR) is 69.1 cm³/mol. The van der Waals surface area contributed by atoms with Crippen LogP contribution in [0.1, 0.15) is 19.8 Å². The zero-order chi connectivity index (χ0) is 13.1. The van der Waals surface area contributed by atoms with Crippen LogP contribution in [0.25, 0.3) is 0 Å². The molecule has 0 spiro atoms. The van der Waals surface area contributed by atoms with Crippen LogP contribution in [0.3, 0.4) is 0 Å². The molecule has 0 heterocycles. The van der Waals surface area contributed by atoms with Crippen LogP contribution in [-0.2, 0) is 19.3 Å². The molecule has 5 nitrogen and oxygen atoms in total. The second-order valence-electron chi connectivity index (χ2n) is 4.26. The SMILES string of the molecule is COCCOCCCCNC(C)CS(C)(=O)=O. The number of unbranched alkanes of at least 4 members (excludes halogenated alkanes) is 1. The molecule has 6 heteroatoms. The Hall–Kier alpha value is -0.170. The van der Waals surface area contributed by atoms with Crippen molar-refractivity contribution in [2.75, 3.05) is 45.5 Å². The summed E-state index contributed by atoms with van der Waals surface area (Å²) in [5.74, 6) is 0.192. The number of methoxy groups -OCH3 is 1. The summed E-state index contributed by atoms with van der Waals surface area (Å²) in [6.07, 6.45) is 3.22. The van der Waals surface area contributed by atoms with E-state index >= 15 is 0 Å². The zero-order valence-electron chi connectivity index (χ0n) is 11.1. The van der Waals surface area contributed by atoms with Crippen molar-refractivity contribution in [1.29, 1.82) is 0 Å². The van der Waals surface area contributed by atoms with Crippen LogP contribution in [-0.4, -0.2) is 59.9 Å². The van der Waals surface area contributed by atoms with E-state index in [1.165, 1.54) is 6.26 Å². The van der Waals surface area contributed by atoms with Gasteiger partial charge >= 0.3 is 0 Å². The second kappa shape index (κ2) is 9.82. The summed E-state index contributed by atoms with van der Waals surface area (Å²) in [7, 11) is -1.23. The number of ether oxygens (including phenoxy) is 2. The van der Waals surface area contributed by atoms with Crippen molar-refractivity contribution in [2.45, 2.75) is 25.8 Å². The van der Waals surface area contributed by atoms with Crippen molar-refractivity contribution in [3.05, 3.63) is 0 Å². The molecule has 0 aromatic rings. The third-order valence-electron chi connectivity index (χ3n) is 2.19. The molecule has 0 aliphatic rings. The average Bonchev–Trinajstić information content (AvgIpc) is 2.19. The van der Waals surface area contributed by atoms with Gasteiger partial charge in [0.05, 0.1) is 19.0 Å². The third-order valence-corrected chi connectivity index (χ3v) is 3.30. The second-order valence-corrected chi connectivity index (χ2v) is 6.44. The van der Waals surface area contributed by atoms with Gasteiger partial charge in [-0.3, -0.25) is 0 Å². The lowest BCUT2D eigenvalue weighted by atomic mass is 10.3. The van der Waals surface area contributed by atoms with Gasteiger partial charge < -0.3 is 14.8 Å². The van der Waals surface area contributed by atoms with E-state index < -0.39 is 9.84 Å². The molecule has 0 saturated heterocycles. The van der Waals surface area contributed by atoms with Gasteiger partial charge in [-0.15, -0.1) is 0 Å².